The number of carbonyl (C=O) groups excluding carboxylic acids is 1. The van der Waals surface area contributed by atoms with Gasteiger partial charge in [-0.2, -0.15) is 5.10 Å². The van der Waals surface area contributed by atoms with E-state index >= 15 is 0 Å². The lowest BCUT2D eigenvalue weighted by Crippen LogP contribution is -2.42. The van der Waals surface area contributed by atoms with Crippen molar-refractivity contribution >= 4 is 5.91 Å². The monoisotopic (exact) mass is 225 g/mol. The summed E-state index contributed by atoms with van der Waals surface area (Å²) in [4.78, 5) is 15.7. The number of H-pyrrole nitrogens is 1. The number of rotatable bonds is 5. The SMILES string of the molecule is CC(C)C[C@@H](N)C(=O)NC(C)c1ncn[nH]1. The molecule has 1 heterocycles. The fraction of sp³-hybridized carbons (Fsp3) is 0.700. The minimum Gasteiger partial charge on any atom is -0.345 e. The van der Waals surface area contributed by atoms with E-state index in [2.05, 4.69) is 20.5 Å². The zero-order chi connectivity index (χ0) is 12.1. The van der Waals surface area contributed by atoms with Gasteiger partial charge in [0.15, 0.2) is 0 Å². The number of aromatic amines is 1. The molecule has 1 amide bonds. The molecule has 0 bridgehead atoms. The van der Waals surface area contributed by atoms with E-state index < -0.39 is 6.04 Å². The van der Waals surface area contributed by atoms with Crippen molar-refractivity contribution < 1.29 is 4.79 Å². The smallest absolute Gasteiger partial charge is 0.237 e. The van der Waals surface area contributed by atoms with Gasteiger partial charge in [0.25, 0.3) is 0 Å². The van der Waals surface area contributed by atoms with Crippen LogP contribution in [0.2, 0.25) is 0 Å². The second kappa shape index (κ2) is 5.60. The van der Waals surface area contributed by atoms with Crippen LogP contribution in [0.1, 0.15) is 39.1 Å². The number of aromatic nitrogens is 3. The Morgan fingerprint density at radius 2 is 2.25 bits per heavy atom. The third-order valence-electron chi connectivity index (χ3n) is 2.26. The van der Waals surface area contributed by atoms with Crippen LogP contribution in [0.5, 0.6) is 0 Å². The lowest BCUT2D eigenvalue weighted by atomic mass is 10.0. The Morgan fingerprint density at radius 3 is 2.75 bits per heavy atom. The summed E-state index contributed by atoms with van der Waals surface area (Å²) in [5.74, 6) is 0.879. The zero-order valence-electron chi connectivity index (χ0n) is 9.90. The predicted molar refractivity (Wildman–Crippen MR) is 60.4 cm³/mol. The minimum absolute atomic E-state index is 0.155. The van der Waals surface area contributed by atoms with Gasteiger partial charge in [-0.25, -0.2) is 4.98 Å². The van der Waals surface area contributed by atoms with E-state index in [1.54, 1.807) is 0 Å². The average molecular weight is 225 g/mol. The number of carbonyl (C=O) groups is 1. The van der Waals surface area contributed by atoms with Crippen LogP contribution in [0.25, 0.3) is 0 Å². The molecule has 90 valence electrons. The van der Waals surface area contributed by atoms with Crippen LogP contribution in [0.3, 0.4) is 0 Å². The molecule has 6 heteroatoms. The summed E-state index contributed by atoms with van der Waals surface area (Å²) in [6.07, 6.45) is 2.08. The van der Waals surface area contributed by atoms with E-state index in [-0.39, 0.29) is 11.9 Å². The van der Waals surface area contributed by atoms with Crippen LogP contribution in [0.15, 0.2) is 6.33 Å². The molecule has 0 saturated carbocycles. The molecule has 1 unspecified atom stereocenters. The summed E-state index contributed by atoms with van der Waals surface area (Å²) < 4.78 is 0. The van der Waals surface area contributed by atoms with Crippen LogP contribution < -0.4 is 11.1 Å². The maximum absolute atomic E-state index is 11.7. The molecule has 0 aromatic carbocycles. The Kier molecular flexibility index (Phi) is 4.42. The lowest BCUT2D eigenvalue weighted by molar-refractivity contribution is -0.123. The van der Waals surface area contributed by atoms with E-state index in [0.29, 0.717) is 18.2 Å². The molecule has 0 fully saturated rings. The molecule has 0 spiro atoms. The minimum atomic E-state index is -0.467. The van der Waals surface area contributed by atoms with Crippen molar-refractivity contribution in [2.75, 3.05) is 0 Å². The molecule has 6 nitrogen and oxygen atoms in total. The summed E-state index contributed by atoms with van der Waals surface area (Å²) >= 11 is 0. The van der Waals surface area contributed by atoms with Gasteiger partial charge in [0.05, 0.1) is 12.1 Å². The first-order valence-electron chi connectivity index (χ1n) is 5.42. The van der Waals surface area contributed by atoms with Gasteiger partial charge in [-0.3, -0.25) is 9.89 Å². The molecule has 4 N–H and O–H groups in total. The molecule has 0 saturated heterocycles. The molecule has 1 aromatic rings. The maximum atomic E-state index is 11.7. The fourth-order valence-electron chi connectivity index (χ4n) is 1.43. The van der Waals surface area contributed by atoms with Gasteiger partial charge in [0.1, 0.15) is 12.2 Å². The van der Waals surface area contributed by atoms with Gasteiger partial charge >= 0.3 is 0 Å². The molecule has 0 radical (unpaired) electrons. The number of nitrogens with zero attached hydrogens (tertiary/aromatic N) is 2. The van der Waals surface area contributed by atoms with Crippen LogP contribution in [-0.4, -0.2) is 27.1 Å². The summed E-state index contributed by atoms with van der Waals surface area (Å²) in [7, 11) is 0. The first-order chi connectivity index (χ1) is 7.50. The Morgan fingerprint density at radius 1 is 1.56 bits per heavy atom. The zero-order valence-corrected chi connectivity index (χ0v) is 9.90. The van der Waals surface area contributed by atoms with Gasteiger partial charge < -0.3 is 11.1 Å². The highest BCUT2D eigenvalue weighted by Gasteiger charge is 2.18. The van der Waals surface area contributed by atoms with Crippen molar-refractivity contribution in [3.63, 3.8) is 0 Å². The second-order valence-electron chi connectivity index (χ2n) is 4.34. The molecular weight excluding hydrogens is 206 g/mol. The van der Waals surface area contributed by atoms with Crippen LogP contribution in [-0.2, 0) is 4.79 Å². The normalized spacial score (nSPS) is 14.8. The van der Waals surface area contributed by atoms with E-state index in [4.69, 9.17) is 5.73 Å². The lowest BCUT2D eigenvalue weighted by Gasteiger charge is -2.17. The molecule has 0 aliphatic heterocycles. The second-order valence-corrected chi connectivity index (χ2v) is 4.34. The van der Waals surface area contributed by atoms with Crippen LogP contribution in [0, 0.1) is 5.92 Å². The predicted octanol–water partition coefficient (Wildman–Crippen LogP) is 0.355. The van der Waals surface area contributed by atoms with Crippen molar-refractivity contribution in [3.05, 3.63) is 12.2 Å². The van der Waals surface area contributed by atoms with E-state index in [9.17, 15) is 4.79 Å². The molecule has 1 aromatic heterocycles. The molecular formula is C10H19N5O. The number of nitrogens with two attached hydrogens (primary N) is 1. The van der Waals surface area contributed by atoms with Crippen molar-refractivity contribution in [2.24, 2.45) is 11.7 Å². The Hall–Kier alpha value is -1.43. The Labute approximate surface area is 95.0 Å². The van der Waals surface area contributed by atoms with Crippen molar-refractivity contribution in [1.82, 2.24) is 20.5 Å². The van der Waals surface area contributed by atoms with Gasteiger partial charge in [0, 0.05) is 0 Å². The standard InChI is InChI=1S/C10H19N5O/c1-6(2)4-8(11)10(16)14-7(3)9-12-5-13-15-9/h5-8H,4,11H2,1-3H3,(H,14,16)(H,12,13,15)/t7?,8-/m1/s1. The molecule has 0 aliphatic carbocycles. The average Bonchev–Trinajstić information content (AvgIpc) is 2.68. The van der Waals surface area contributed by atoms with Gasteiger partial charge in [0.2, 0.25) is 5.91 Å². The highest BCUT2D eigenvalue weighted by atomic mass is 16.2. The summed E-state index contributed by atoms with van der Waals surface area (Å²) in [5, 5.41) is 9.22. The summed E-state index contributed by atoms with van der Waals surface area (Å²) in [5.41, 5.74) is 5.76. The van der Waals surface area contributed by atoms with E-state index in [0.717, 1.165) is 0 Å². The third kappa shape index (κ3) is 3.62. The van der Waals surface area contributed by atoms with Gasteiger partial charge in [-0.15, -0.1) is 0 Å². The van der Waals surface area contributed by atoms with Crippen molar-refractivity contribution in [3.8, 4) is 0 Å². The van der Waals surface area contributed by atoms with Gasteiger partial charge in [-0.05, 0) is 19.3 Å². The quantitative estimate of drug-likeness (QED) is 0.673. The topological polar surface area (TPSA) is 96.7 Å². The van der Waals surface area contributed by atoms with Crippen LogP contribution >= 0.6 is 0 Å². The summed E-state index contributed by atoms with van der Waals surface area (Å²) in [6, 6.07) is -0.668. The molecule has 2 atom stereocenters. The van der Waals surface area contributed by atoms with Gasteiger partial charge in [-0.1, -0.05) is 13.8 Å². The fourth-order valence-corrected chi connectivity index (χ4v) is 1.43. The maximum Gasteiger partial charge on any atom is 0.237 e. The number of hydrogen-bond donors (Lipinski definition) is 3. The van der Waals surface area contributed by atoms with Crippen molar-refractivity contribution in [1.29, 1.82) is 0 Å². The first-order valence-corrected chi connectivity index (χ1v) is 5.42. The van der Waals surface area contributed by atoms with Crippen molar-refractivity contribution in [2.45, 2.75) is 39.3 Å². The van der Waals surface area contributed by atoms with E-state index in [1.807, 2.05) is 20.8 Å². The third-order valence-corrected chi connectivity index (χ3v) is 2.26. The first kappa shape index (κ1) is 12.6. The van der Waals surface area contributed by atoms with Crippen LogP contribution in [0.4, 0.5) is 0 Å². The Bertz CT molecular complexity index is 322. The highest BCUT2D eigenvalue weighted by molar-refractivity contribution is 5.81. The summed E-state index contributed by atoms with van der Waals surface area (Å²) in [6.45, 7) is 5.90. The molecule has 0 aliphatic rings. The highest BCUT2D eigenvalue weighted by Crippen LogP contribution is 2.07. The number of amides is 1. The van der Waals surface area contributed by atoms with E-state index in [1.165, 1.54) is 6.33 Å². The molecule has 1 rings (SSSR count). The number of nitrogens with one attached hydrogen (secondary N) is 2. The molecule has 16 heavy (non-hydrogen) atoms. The largest absolute Gasteiger partial charge is 0.345 e. The Balaban J connectivity index is 2.45. The number of hydrogen-bond acceptors (Lipinski definition) is 4.